The highest BCUT2D eigenvalue weighted by Gasteiger charge is 2.13. The molecule has 21 heavy (non-hydrogen) atoms. The van der Waals surface area contributed by atoms with Crippen molar-refractivity contribution in [1.82, 2.24) is 9.71 Å². The van der Waals surface area contributed by atoms with Crippen LogP contribution in [0.15, 0.2) is 53.6 Å². The maximum Gasteiger partial charge on any atom is 0.242 e. The van der Waals surface area contributed by atoms with Crippen molar-refractivity contribution in [1.29, 1.82) is 0 Å². The van der Waals surface area contributed by atoms with Crippen LogP contribution < -0.4 is 20.7 Å². The van der Waals surface area contributed by atoms with Crippen LogP contribution in [0.5, 0.6) is 5.75 Å². The molecule has 1 aromatic carbocycles. The summed E-state index contributed by atoms with van der Waals surface area (Å²) in [5.41, 5.74) is 2.33. The molecule has 0 atom stereocenters. The van der Waals surface area contributed by atoms with Gasteiger partial charge >= 0.3 is 0 Å². The van der Waals surface area contributed by atoms with Gasteiger partial charge in [-0.05, 0) is 24.3 Å². The van der Waals surface area contributed by atoms with Gasteiger partial charge in [-0.25, -0.2) is 24.0 Å². The molecule has 0 bridgehead atoms. The van der Waals surface area contributed by atoms with E-state index >= 15 is 0 Å². The van der Waals surface area contributed by atoms with Crippen LogP contribution in [0.1, 0.15) is 0 Å². The predicted octanol–water partition coefficient (Wildman–Crippen LogP) is 0.724. The first-order valence-corrected chi connectivity index (χ1v) is 7.70. The molecule has 0 spiro atoms. The number of para-hydroxylation sites is 1. The van der Waals surface area contributed by atoms with E-state index < -0.39 is 10.0 Å². The Morgan fingerprint density at radius 2 is 1.90 bits per heavy atom. The van der Waals surface area contributed by atoms with E-state index in [1.165, 1.54) is 18.3 Å². The van der Waals surface area contributed by atoms with Gasteiger partial charge in [-0.15, -0.1) is 0 Å². The number of hydrogen-bond acceptors (Lipinski definition) is 6. The van der Waals surface area contributed by atoms with E-state index in [-0.39, 0.29) is 18.0 Å². The van der Waals surface area contributed by atoms with Crippen LogP contribution in [0.25, 0.3) is 0 Å². The van der Waals surface area contributed by atoms with Crippen molar-refractivity contribution in [2.45, 2.75) is 4.90 Å². The first kappa shape index (κ1) is 15.2. The molecule has 8 heteroatoms. The van der Waals surface area contributed by atoms with Crippen LogP contribution in [0, 0.1) is 0 Å². The van der Waals surface area contributed by atoms with Crippen molar-refractivity contribution in [2.75, 3.05) is 18.6 Å². The largest absolute Gasteiger partial charge is 0.492 e. The fourth-order valence-corrected chi connectivity index (χ4v) is 2.53. The van der Waals surface area contributed by atoms with Crippen molar-refractivity contribution in [2.24, 2.45) is 5.84 Å². The van der Waals surface area contributed by atoms with Crippen molar-refractivity contribution in [3.05, 3.63) is 48.7 Å². The lowest BCUT2D eigenvalue weighted by Gasteiger charge is -2.08. The molecule has 0 amide bonds. The summed E-state index contributed by atoms with van der Waals surface area (Å²) in [4.78, 5) is 3.92. The first-order chi connectivity index (χ1) is 10.1. The average Bonchev–Trinajstić information content (AvgIpc) is 2.53. The molecule has 0 aliphatic heterocycles. The third kappa shape index (κ3) is 4.42. The standard InChI is InChI=1S/C13H16N4O3S/c14-17-13-7-6-12(10-15-13)21(18,19)16-8-9-20-11-4-2-1-3-5-11/h1-7,10,16H,8-9,14H2,(H,15,17). The number of nitrogens with zero attached hydrogens (tertiary/aromatic N) is 1. The lowest BCUT2D eigenvalue weighted by atomic mass is 10.3. The number of pyridine rings is 1. The molecule has 0 unspecified atom stereocenters. The number of benzene rings is 1. The first-order valence-electron chi connectivity index (χ1n) is 6.22. The molecule has 1 aromatic heterocycles. The zero-order valence-electron chi connectivity index (χ0n) is 11.2. The highest BCUT2D eigenvalue weighted by Crippen LogP contribution is 2.10. The number of sulfonamides is 1. The van der Waals surface area contributed by atoms with Crippen LogP contribution in [-0.2, 0) is 10.0 Å². The van der Waals surface area contributed by atoms with Gasteiger partial charge in [0.05, 0.1) is 0 Å². The Labute approximate surface area is 123 Å². The molecule has 0 radical (unpaired) electrons. The third-order valence-electron chi connectivity index (χ3n) is 2.60. The maximum atomic E-state index is 12.0. The molecule has 7 nitrogen and oxygen atoms in total. The van der Waals surface area contributed by atoms with Crippen LogP contribution >= 0.6 is 0 Å². The molecule has 0 aliphatic rings. The quantitative estimate of drug-likeness (QED) is 0.395. The van der Waals surface area contributed by atoms with Gasteiger partial charge in [0.1, 0.15) is 23.1 Å². The minimum atomic E-state index is -3.60. The van der Waals surface area contributed by atoms with E-state index in [1.807, 2.05) is 18.2 Å². The van der Waals surface area contributed by atoms with E-state index in [0.717, 1.165) is 0 Å². The SMILES string of the molecule is NNc1ccc(S(=O)(=O)NCCOc2ccccc2)cn1. The zero-order valence-corrected chi connectivity index (χ0v) is 12.0. The number of nitrogens with two attached hydrogens (primary N) is 1. The van der Waals surface area contributed by atoms with E-state index in [0.29, 0.717) is 11.6 Å². The number of nitrogens with one attached hydrogen (secondary N) is 2. The molecule has 2 rings (SSSR count). The van der Waals surface area contributed by atoms with Gasteiger partial charge in [0, 0.05) is 12.7 Å². The van der Waals surface area contributed by atoms with Crippen LogP contribution in [0.4, 0.5) is 5.82 Å². The highest BCUT2D eigenvalue weighted by molar-refractivity contribution is 7.89. The second-order valence-corrected chi connectivity index (χ2v) is 5.85. The summed E-state index contributed by atoms with van der Waals surface area (Å²) in [5.74, 6) is 6.25. The lowest BCUT2D eigenvalue weighted by Crippen LogP contribution is -2.28. The van der Waals surface area contributed by atoms with Crippen LogP contribution in [0.2, 0.25) is 0 Å². The second-order valence-electron chi connectivity index (χ2n) is 4.08. The Bertz CT molecular complexity index is 660. The van der Waals surface area contributed by atoms with E-state index in [2.05, 4.69) is 15.1 Å². The topological polar surface area (TPSA) is 106 Å². The summed E-state index contributed by atoms with van der Waals surface area (Å²) >= 11 is 0. The molecule has 0 aliphatic carbocycles. The number of anilines is 1. The molecule has 4 N–H and O–H groups in total. The molecular weight excluding hydrogens is 292 g/mol. The molecule has 1 heterocycles. The number of hydrazine groups is 1. The summed E-state index contributed by atoms with van der Waals surface area (Å²) in [6.07, 6.45) is 1.23. The Morgan fingerprint density at radius 3 is 2.52 bits per heavy atom. The van der Waals surface area contributed by atoms with Gasteiger partial charge in [0.25, 0.3) is 0 Å². The summed E-state index contributed by atoms with van der Waals surface area (Å²) < 4.78 is 31.8. The van der Waals surface area contributed by atoms with Crippen LogP contribution in [-0.4, -0.2) is 26.6 Å². The van der Waals surface area contributed by atoms with E-state index in [9.17, 15) is 8.42 Å². The molecule has 0 fully saturated rings. The van der Waals surface area contributed by atoms with Gasteiger partial charge < -0.3 is 10.2 Å². The Hall–Kier alpha value is -2.16. The van der Waals surface area contributed by atoms with Gasteiger partial charge in [-0.2, -0.15) is 0 Å². The molecule has 0 saturated heterocycles. The summed E-state index contributed by atoms with van der Waals surface area (Å²) in [6, 6.07) is 12.1. The highest BCUT2D eigenvalue weighted by atomic mass is 32.2. The molecule has 112 valence electrons. The predicted molar refractivity (Wildman–Crippen MR) is 79.2 cm³/mol. The number of rotatable bonds is 7. The average molecular weight is 308 g/mol. The van der Waals surface area contributed by atoms with E-state index in [4.69, 9.17) is 10.6 Å². The fourth-order valence-electron chi connectivity index (χ4n) is 1.57. The normalized spacial score (nSPS) is 11.1. The van der Waals surface area contributed by atoms with Crippen molar-refractivity contribution in [3.63, 3.8) is 0 Å². The Morgan fingerprint density at radius 1 is 1.14 bits per heavy atom. The van der Waals surface area contributed by atoms with Crippen molar-refractivity contribution < 1.29 is 13.2 Å². The monoisotopic (exact) mass is 308 g/mol. The lowest BCUT2D eigenvalue weighted by molar-refractivity contribution is 0.323. The van der Waals surface area contributed by atoms with Gasteiger partial charge in [-0.3, -0.25) is 0 Å². The number of aromatic nitrogens is 1. The zero-order chi connectivity index (χ0) is 15.1. The minimum absolute atomic E-state index is 0.0706. The van der Waals surface area contributed by atoms with Crippen LogP contribution in [0.3, 0.4) is 0 Å². The third-order valence-corrected chi connectivity index (χ3v) is 4.05. The second kappa shape index (κ2) is 7.02. The van der Waals surface area contributed by atoms with Gasteiger partial charge in [0.15, 0.2) is 0 Å². The molecule has 2 aromatic rings. The maximum absolute atomic E-state index is 12.0. The minimum Gasteiger partial charge on any atom is -0.492 e. The fraction of sp³-hybridized carbons (Fsp3) is 0.154. The summed E-state index contributed by atoms with van der Waals surface area (Å²) in [7, 11) is -3.60. The number of ether oxygens (including phenoxy) is 1. The van der Waals surface area contributed by atoms with Gasteiger partial charge in [-0.1, -0.05) is 18.2 Å². The van der Waals surface area contributed by atoms with E-state index in [1.54, 1.807) is 12.1 Å². The number of nitrogen functional groups attached to an aromatic ring is 1. The number of hydrogen-bond donors (Lipinski definition) is 3. The van der Waals surface area contributed by atoms with Gasteiger partial charge in [0.2, 0.25) is 10.0 Å². The molecular formula is C13H16N4O3S. The van der Waals surface area contributed by atoms with Crippen molar-refractivity contribution >= 4 is 15.8 Å². The Kier molecular flexibility index (Phi) is 5.09. The molecule has 0 saturated carbocycles. The summed E-state index contributed by atoms with van der Waals surface area (Å²) in [6.45, 7) is 0.396. The summed E-state index contributed by atoms with van der Waals surface area (Å²) in [5, 5.41) is 0. The Balaban J connectivity index is 1.86. The smallest absolute Gasteiger partial charge is 0.242 e. The van der Waals surface area contributed by atoms with Crippen molar-refractivity contribution in [3.8, 4) is 5.75 Å².